The Labute approximate surface area is 175 Å². The zero-order valence-electron chi connectivity index (χ0n) is 16.9. The zero-order chi connectivity index (χ0) is 20.4. The molecule has 1 fully saturated rings. The van der Waals surface area contributed by atoms with Crippen molar-refractivity contribution in [3.63, 3.8) is 0 Å². The number of anilines is 3. The van der Waals surface area contributed by atoms with E-state index < -0.39 is 6.04 Å². The number of aryl methyl sites for hydroxylation is 1. The van der Waals surface area contributed by atoms with Crippen molar-refractivity contribution in [3.8, 4) is 0 Å². The molecule has 0 saturated carbocycles. The third-order valence-electron chi connectivity index (χ3n) is 5.27. The fourth-order valence-corrected chi connectivity index (χ4v) is 4.73. The molecule has 2 aliphatic heterocycles. The van der Waals surface area contributed by atoms with Crippen LogP contribution in [0, 0.1) is 6.92 Å². The second-order valence-electron chi connectivity index (χ2n) is 7.39. The Balaban J connectivity index is 1.54. The molecule has 3 heterocycles. The molecule has 1 unspecified atom stereocenters. The molecule has 0 spiro atoms. The van der Waals surface area contributed by atoms with Gasteiger partial charge in [0.1, 0.15) is 16.7 Å². The minimum atomic E-state index is -0.590. The fraction of sp³-hybridized carbons (Fsp3) is 0.429. The summed E-state index contributed by atoms with van der Waals surface area (Å²) < 4.78 is 7.42. The van der Waals surface area contributed by atoms with Crippen LogP contribution in [0.1, 0.15) is 17.4 Å². The Morgan fingerprint density at radius 2 is 1.97 bits per heavy atom. The summed E-state index contributed by atoms with van der Waals surface area (Å²) in [5.41, 5.74) is 9.37. The molecule has 2 aromatic rings. The zero-order valence-corrected chi connectivity index (χ0v) is 17.7. The number of carbonyl (C=O) groups is 1. The number of hydrogen-bond donors (Lipinski definition) is 3. The second-order valence-corrected chi connectivity index (χ2v) is 8.65. The highest BCUT2D eigenvalue weighted by Gasteiger charge is 2.30. The van der Waals surface area contributed by atoms with Gasteiger partial charge in [0.15, 0.2) is 0 Å². The monoisotopic (exact) mass is 414 g/mol. The molecule has 0 bridgehead atoms. The van der Waals surface area contributed by atoms with Crippen LogP contribution in [0.25, 0.3) is 0 Å². The third-order valence-corrected chi connectivity index (χ3v) is 6.24. The van der Waals surface area contributed by atoms with Crippen LogP contribution in [0.5, 0.6) is 0 Å². The summed E-state index contributed by atoms with van der Waals surface area (Å²) >= 11 is 1.77. The fourth-order valence-electron chi connectivity index (χ4n) is 3.81. The van der Waals surface area contributed by atoms with Gasteiger partial charge >= 0.3 is 5.97 Å². The van der Waals surface area contributed by atoms with Crippen LogP contribution in [-0.2, 0) is 9.53 Å². The molecular weight excluding hydrogens is 386 g/mol. The van der Waals surface area contributed by atoms with Gasteiger partial charge in [0.25, 0.3) is 5.84 Å². The summed E-state index contributed by atoms with van der Waals surface area (Å²) in [5, 5.41) is 8.41. The lowest BCUT2D eigenvalue weighted by Crippen LogP contribution is -2.51. The average Bonchev–Trinajstić information content (AvgIpc) is 3.00. The highest BCUT2D eigenvalue weighted by atomic mass is 32.1. The van der Waals surface area contributed by atoms with Gasteiger partial charge in [-0.1, -0.05) is 12.1 Å². The van der Waals surface area contributed by atoms with Crippen molar-refractivity contribution in [1.82, 2.24) is 4.90 Å². The van der Waals surface area contributed by atoms with Crippen molar-refractivity contribution in [1.29, 1.82) is 0 Å². The van der Waals surface area contributed by atoms with Crippen LogP contribution in [0.3, 0.4) is 0 Å². The maximum absolute atomic E-state index is 11.8. The molecule has 2 aliphatic rings. The van der Waals surface area contributed by atoms with Crippen molar-refractivity contribution in [2.75, 3.05) is 50.0 Å². The maximum atomic E-state index is 11.8. The number of esters is 1. The molecule has 0 radical (unpaired) electrons. The number of fused-ring (bicyclic) bond motifs is 2. The lowest BCUT2D eigenvalue weighted by Gasteiger charge is -2.29. The number of benzene rings is 1. The standard InChI is InChI=1S/C21H27N5O2S/c1-3-28-21(27)16(22)13-25-8-10-26(11-9-25)19-15-12-14(2)29-20(15)24-18-7-5-4-6-17(18)23-19/h4-7,12,16H,3,8-11,13,22H2,1-2H3,(H,23,24)/p+1. The van der Waals surface area contributed by atoms with Gasteiger partial charge in [0.05, 0.1) is 30.9 Å². The average molecular weight is 415 g/mol. The van der Waals surface area contributed by atoms with Crippen LogP contribution in [0.15, 0.2) is 30.3 Å². The summed E-state index contributed by atoms with van der Waals surface area (Å²) in [6.45, 7) is 8.28. The van der Waals surface area contributed by atoms with E-state index in [0.29, 0.717) is 13.2 Å². The predicted octanol–water partition coefficient (Wildman–Crippen LogP) is 2.19. The summed E-state index contributed by atoms with van der Waals surface area (Å²) in [5.74, 6) is 0.812. The number of carbonyl (C=O) groups excluding carboxylic acids is 1. The number of ether oxygens (including phenoxy) is 1. The third kappa shape index (κ3) is 4.29. The normalized spacial score (nSPS) is 17.5. The van der Waals surface area contributed by atoms with E-state index in [1.165, 1.54) is 15.4 Å². The molecule has 7 nitrogen and oxygen atoms in total. The first-order chi connectivity index (χ1) is 14.0. The largest absolute Gasteiger partial charge is 0.465 e. The molecule has 1 saturated heterocycles. The number of nitrogens with two attached hydrogens (primary N) is 1. The highest BCUT2D eigenvalue weighted by molar-refractivity contribution is 7.16. The van der Waals surface area contributed by atoms with E-state index >= 15 is 0 Å². The Hall–Kier alpha value is -2.42. The molecule has 8 heteroatoms. The van der Waals surface area contributed by atoms with E-state index in [-0.39, 0.29) is 5.97 Å². The van der Waals surface area contributed by atoms with Crippen LogP contribution < -0.4 is 16.4 Å². The molecule has 1 aromatic carbocycles. The number of piperazine rings is 1. The maximum Gasteiger partial charge on any atom is 0.324 e. The molecule has 4 N–H and O–H groups in total. The smallest absolute Gasteiger partial charge is 0.324 e. The quantitative estimate of drug-likeness (QED) is 0.526. The lowest BCUT2D eigenvalue weighted by molar-refractivity contribution is -0.539. The Kier molecular flexibility index (Phi) is 5.84. The van der Waals surface area contributed by atoms with E-state index in [4.69, 9.17) is 10.5 Å². The molecule has 4 rings (SSSR count). The SMILES string of the molecule is CCOC(=O)C(N)CN1CC[N+](=C2Nc3ccccc3Nc3sc(C)cc32)CC1. The first-order valence-electron chi connectivity index (χ1n) is 10.1. The van der Waals surface area contributed by atoms with Gasteiger partial charge in [0, 0.05) is 24.5 Å². The van der Waals surface area contributed by atoms with Crippen LogP contribution >= 0.6 is 11.3 Å². The minimum absolute atomic E-state index is 0.323. The molecule has 1 atom stereocenters. The molecule has 1 aromatic heterocycles. The van der Waals surface area contributed by atoms with Gasteiger partial charge in [-0.25, -0.2) is 5.32 Å². The number of hydrogen-bond acceptors (Lipinski definition) is 6. The van der Waals surface area contributed by atoms with Crippen molar-refractivity contribution in [3.05, 3.63) is 40.8 Å². The first-order valence-corrected chi connectivity index (χ1v) is 10.9. The number of nitrogens with zero attached hydrogens (tertiary/aromatic N) is 2. The summed E-state index contributed by atoms with van der Waals surface area (Å²) in [7, 11) is 0. The minimum Gasteiger partial charge on any atom is -0.465 e. The van der Waals surface area contributed by atoms with Gasteiger partial charge in [-0.3, -0.25) is 14.3 Å². The van der Waals surface area contributed by atoms with E-state index in [1.807, 2.05) is 12.1 Å². The highest BCUT2D eigenvalue weighted by Crippen LogP contribution is 2.37. The second kappa shape index (κ2) is 8.52. The predicted molar refractivity (Wildman–Crippen MR) is 118 cm³/mol. The lowest BCUT2D eigenvalue weighted by atomic mass is 10.2. The van der Waals surface area contributed by atoms with Crippen LogP contribution in [0.4, 0.5) is 16.4 Å². The van der Waals surface area contributed by atoms with Crippen molar-refractivity contribution < 1.29 is 14.1 Å². The summed E-state index contributed by atoms with van der Waals surface area (Å²) in [6.07, 6.45) is 0. The molecular formula is C21H28N5O2S+. The topological polar surface area (TPSA) is 82.6 Å². The molecule has 29 heavy (non-hydrogen) atoms. The summed E-state index contributed by atoms with van der Waals surface area (Å²) in [6, 6.07) is 9.94. The van der Waals surface area contributed by atoms with Gasteiger partial charge < -0.3 is 15.8 Å². The van der Waals surface area contributed by atoms with Crippen LogP contribution in [0.2, 0.25) is 0 Å². The summed E-state index contributed by atoms with van der Waals surface area (Å²) in [4.78, 5) is 15.3. The number of thiophene rings is 1. The van der Waals surface area contributed by atoms with Crippen molar-refractivity contribution in [2.24, 2.45) is 5.73 Å². The van der Waals surface area contributed by atoms with E-state index in [9.17, 15) is 4.79 Å². The van der Waals surface area contributed by atoms with E-state index in [1.54, 1.807) is 18.3 Å². The van der Waals surface area contributed by atoms with E-state index in [2.05, 4.69) is 45.2 Å². The molecule has 0 aliphatic carbocycles. The Morgan fingerprint density at radius 1 is 1.28 bits per heavy atom. The van der Waals surface area contributed by atoms with Gasteiger partial charge in [-0.15, -0.1) is 11.3 Å². The molecule has 154 valence electrons. The van der Waals surface area contributed by atoms with E-state index in [0.717, 1.165) is 43.4 Å². The van der Waals surface area contributed by atoms with Gasteiger partial charge in [-0.2, -0.15) is 0 Å². The van der Waals surface area contributed by atoms with Crippen molar-refractivity contribution in [2.45, 2.75) is 19.9 Å². The van der Waals surface area contributed by atoms with Gasteiger partial charge in [-0.05, 0) is 32.0 Å². The van der Waals surface area contributed by atoms with Crippen LogP contribution in [-0.4, -0.2) is 66.7 Å². The van der Waals surface area contributed by atoms with Gasteiger partial charge in [0.2, 0.25) is 0 Å². The Morgan fingerprint density at radius 3 is 2.66 bits per heavy atom. The number of rotatable bonds is 4. The molecule has 0 amide bonds. The number of para-hydroxylation sites is 2. The van der Waals surface area contributed by atoms with Crippen molar-refractivity contribution >= 4 is 39.5 Å². The number of amidine groups is 1. The first kappa shape index (κ1) is 19.9. The Bertz CT molecular complexity index is 929. The number of nitrogens with one attached hydrogen (secondary N) is 2.